The Hall–Kier alpha value is -2.08. The number of amides is 3. The third-order valence-corrected chi connectivity index (χ3v) is 4.51. The van der Waals surface area contributed by atoms with Crippen LogP contribution in [0, 0.1) is 5.92 Å². The van der Waals surface area contributed by atoms with E-state index in [1.807, 2.05) is 0 Å². The van der Waals surface area contributed by atoms with E-state index in [9.17, 15) is 14.4 Å². The molecule has 1 N–H and O–H groups in total. The zero-order chi connectivity index (χ0) is 16.6. The van der Waals surface area contributed by atoms with Gasteiger partial charge in [-0.2, -0.15) is 0 Å². The molecule has 1 aromatic carbocycles. The van der Waals surface area contributed by atoms with Crippen molar-refractivity contribution in [1.82, 2.24) is 10.2 Å². The van der Waals surface area contributed by atoms with Crippen LogP contribution in [-0.2, 0) is 20.9 Å². The molecule has 3 rings (SSSR count). The lowest BCUT2D eigenvalue weighted by Gasteiger charge is -2.20. The van der Waals surface area contributed by atoms with Gasteiger partial charge in [-0.25, -0.2) is 4.79 Å². The summed E-state index contributed by atoms with van der Waals surface area (Å²) < 4.78 is 5.11. The molecule has 0 radical (unpaired) electrons. The maximum Gasteiger partial charge on any atom is 0.326 e. The number of carbonyl (C=O) groups is 3. The molecule has 7 heteroatoms. The molecule has 1 atom stereocenters. The number of rotatable bonds is 5. The van der Waals surface area contributed by atoms with Crippen molar-refractivity contribution < 1.29 is 19.1 Å². The third-order valence-electron chi connectivity index (χ3n) is 4.27. The Morgan fingerprint density at radius 1 is 1.43 bits per heavy atom. The number of nitrogens with one attached hydrogen (secondary N) is 1. The van der Waals surface area contributed by atoms with E-state index >= 15 is 0 Å². The second-order valence-electron chi connectivity index (χ2n) is 6.09. The van der Waals surface area contributed by atoms with E-state index in [2.05, 4.69) is 5.32 Å². The Bertz CT molecular complexity index is 674. The van der Waals surface area contributed by atoms with Gasteiger partial charge in [0.05, 0.1) is 0 Å². The lowest BCUT2D eigenvalue weighted by molar-refractivity contribution is -0.148. The van der Waals surface area contributed by atoms with Crippen LogP contribution in [0.2, 0.25) is 5.02 Å². The molecule has 122 valence electrons. The number of esters is 1. The van der Waals surface area contributed by atoms with E-state index in [-0.39, 0.29) is 25.0 Å². The molecule has 0 bridgehead atoms. The summed E-state index contributed by atoms with van der Waals surface area (Å²) in [5.41, 5.74) is -0.143. The highest BCUT2D eigenvalue weighted by Crippen LogP contribution is 2.42. The fourth-order valence-electron chi connectivity index (χ4n) is 2.76. The van der Waals surface area contributed by atoms with Crippen LogP contribution in [0.3, 0.4) is 0 Å². The number of halogens is 1. The van der Waals surface area contributed by atoms with Crippen molar-refractivity contribution in [2.24, 2.45) is 5.92 Å². The molecule has 0 aromatic heterocycles. The predicted octanol–water partition coefficient (Wildman–Crippen LogP) is 2.10. The molecule has 1 saturated carbocycles. The first-order valence-corrected chi connectivity index (χ1v) is 7.82. The molecule has 1 saturated heterocycles. The number of hydrogen-bond donors (Lipinski definition) is 1. The topological polar surface area (TPSA) is 75.7 Å². The molecule has 2 aliphatic rings. The number of hydrogen-bond acceptors (Lipinski definition) is 4. The number of carbonyl (C=O) groups excluding carboxylic acids is 3. The van der Waals surface area contributed by atoms with Gasteiger partial charge in [0.15, 0.2) is 0 Å². The monoisotopic (exact) mass is 336 g/mol. The molecule has 6 nitrogen and oxygen atoms in total. The van der Waals surface area contributed by atoms with Crippen LogP contribution in [0.5, 0.6) is 0 Å². The number of ether oxygens (including phenoxy) is 1. The summed E-state index contributed by atoms with van der Waals surface area (Å²) in [7, 11) is 0. The molecule has 1 aliphatic heterocycles. The highest BCUT2D eigenvalue weighted by atomic mass is 35.5. The van der Waals surface area contributed by atoms with Gasteiger partial charge in [0.2, 0.25) is 0 Å². The summed E-state index contributed by atoms with van der Waals surface area (Å²) in [5.74, 6) is -0.829. The summed E-state index contributed by atoms with van der Waals surface area (Å²) in [6.45, 7) is 1.37. The summed E-state index contributed by atoms with van der Waals surface area (Å²) in [6.07, 6.45) is 1.82. The van der Waals surface area contributed by atoms with Crippen LogP contribution < -0.4 is 5.32 Å². The van der Waals surface area contributed by atoms with Gasteiger partial charge in [0.25, 0.3) is 5.91 Å². The molecule has 3 amide bonds. The van der Waals surface area contributed by atoms with Crippen LogP contribution >= 0.6 is 11.6 Å². The summed E-state index contributed by atoms with van der Waals surface area (Å²) >= 11 is 5.86. The fraction of sp³-hybridized carbons (Fsp3) is 0.438. The van der Waals surface area contributed by atoms with Crippen molar-refractivity contribution in [2.75, 3.05) is 6.54 Å². The van der Waals surface area contributed by atoms with Crippen LogP contribution in [0.15, 0.2) is 24.3 Å². The van der Waals surface area contributed by atoms with Crippen molar-refractivity contribution >= 4 is 29.5 Å². The second kappa shape index (κ2) is 5.85. The molecule has 2 fully saturated rings. The smallest absolute Gasteiger partial charge is 0.326 e. The maximum atomic E-state index is 12.4. The zero-order valence-electron chi connectivity index (χ0n) is 12.7. The summed E-state index contributed by atoms with van der Waals surface area (Å²) in [5, 5.41) is 3.24. The minimum Gasteiger partial charge on any atom is -0.459 e. The quantitative estimate of drug-likeness (QED) is 0.660. The Balaban J connectivity index is 1.57. The first-order chi connectivity index (χ1) is 10.9. The Morgan fingerprint density at radius 3 is 2.83 bits per heavy atom. The van der Waals surface area contributed by atoms with Gasteiger partial charge in [0, 0.05) is 5.02 Å². The van der Waals surface area contributed by atoms with Crippen LogP contribution in [0.4, 0.5) is 4.79 Å². The van der Waals surface area contributed by atoms with Gasteiger partial charge >= 0.3 is 12.0 Å². The highest BCUT2D eigenvalue weighted by molar-refractivity contribution is 6.30. The van der Waals surface area contributed by atoms with Gasteiger partial charge in [-0.3, -0.25) is 14.5 Å². The number of urea groups is 1. The van der Waals surface area contributed by atoms with E-state index in [1.54, 1.807) is 31.2 Å². The van der Waals surface area contributed by atoms with Crippen molar-refractivity contribution in [2.45, 2.75) is 31.9 Å². The first-order valence-electron chi connectivity index (χ1n) is 7.44. The van der Waals surface area contributed by atoms with Crippen molar-refractivity contribution in [3.05, 3.63) is 34.9 Å². The standard InChI is InChI=1S/C16H17ClN2O4/c1-16(11-5-6-11)14(21)19(15(22)18-16)8-13(20)23-9-10-3-2-4-12(17)7-10/h2-4,7,11H,5-6,8-9H2,1H3,(H,18,22). The van der Waals surface area contributed by atoms with Gasteiger partial charge in [-0.05, 0) is 43.4 Å². The normalized spacial score (nSPS) is 23.8. The lowest BCUT2D eigenvalue weighted by atomic mass is 9.96. The molecule has 1 aromatic rings. The fourth-order valence-corrected chi connectivity index (χ4v) is 2.97. The van der Waals surface area contributed by atoms with Gasteiger partial charge in [0.1, 0.15) is 18.7 Å². The average molecular weight is 337 g/mol. The third kappa shape index (κ3) is 3.17. The zero-order valence-corrected chi connectivity index (χ0v) is 13.4. The predicted molar refractivity (Wildman–Crippen MR) is 82.6 cm³/mol. The Labute approximate surface area is 138 Å². The van der Waals surface area contributed by atoms with Gasteiger partial charge in [-0.1, -0.05) is 23.7 Å². The van der Waals surface area contributed by atoms with E-state index in [0.29, 0.717) is 5.02 Å². The molecule has 23 heavy (non-hydrogen) atoms. The average Bonchev–Trinajstić information content (AvgIpc) is 3.32. The SMILES string of the molecule is CC1(C2CC2)NC(=O)N(CC(=O)OCc2cccc(Cl)c2)C1=O. The Morgan fingerprint density at radius 2 is 2.17 bits per heavy atom. The maximum absolute atomic E-state index is 12.4. The van der Waals surface area contributed by atoms with Gasteiger partial charge in [-0.15, -0.1) is 0 Å². The summed E-state index contributed by atoms with van der Waals surface area (Å²) in [6, 6.07) is 6.40. The van der Waals surface area contributed by atoms with Crippen LogP contribution in [0.1, 0.15) is 25.3 Å². The molecular weight excluding hydrogens is 320 g/mol. The summed E-state index contributed by atoms with van der Waals surface area (Å²) in [4.78, 5) is 37.2. The lowest BCUT2D eigenvalue weighted by Crippen LogP contribution is -2.46. The molecule has 1 unspecified atom stereocenters. The number of nitrogens with zero attached hydrogens (tertiary/aromatic N) is 1. The molecule has 1 heterocycles. The second-order valence-corrected chi connectivity index (χ2v) is 6.53. The van der Waals surface area contributed by atoms with Crippen LogP contribution in [-0.4, -0.2) is 34.9 Å². The van der Waals surface area contributed by atoms with E-state index in [4.69, 9.17) is 16.3 Å². The molecule has 1 aliphatic carbocycles. The van der Waals surface area contributed by atoms with E-state index < -0.39 is 17.5 Å². The Kier molecular flexibility index (Phi) is 4.02. The van der Waals surface area contributed by atoms with Crippen molar-refractivity contribution in [3.63, 3.8) is 0 Å². The first kappa shape index (κ1) is 15.8. The van der Waals surface area contributed by atoms with Crippen LogP contribution in [0.25, 0.3) is 0 Å². The van der Waals surface area contributed by atoms with E-state index in [1.165, 1.54) is 0 Å². The van der Waals surface area contributed by atoms with E-state index in [0.717, 1.165) is 23.3 Å². The largest absolute Gasteiger partial charge is 0.459 e. The van der Waals surface area contributed by atoms with Crippen molar-refractivity contribution in [1.29, 1.82) is 0 Å². The number of benzene rings is 1. The minimum atomic E-state index is -0.885. The highest BCUT2D eigenvalue weighted by Gasteiger charge is 2.56. The van der Waals surface area contributed by atoms with Gasteiger partial charge < -0.3 is 10.1 Å². The number of imide groups is 1. The molecule has 0 spiro atoms. The minimum absolute atomic E-state index is 0.0446. The molecular formula is C16H17ClN2O4. The van der Waals surface area contributed by atoms with Crippen molar-refractivity contribution in [3.8, 4) is 0 Å².